The summed E-state index contributed by atoms with van der Waals surface area (Å²) in [5.41, 5.74) is 11.4. The third-order valence-corrected chi connectivity index (χ3v) is 11.1. The van der Waals surface area contributed by atoms with Crippen LogP contribution >= 0.6 is 0 Å². The number of aliphatic hydroxyl groups is 1. The summed E-state index contributed by atoms with van der Waals surface area (Å²) in [6, 6.07) is -9.52. The number of nitrogen functional groups attached to an aromatic ring is 1. The maximum absolute atomic E-state index is 14.1. The van der Waals surface area contributed by atoms with Crippen LogP contribution in [0, 0.1) is 5.92 Å². The number of anilines is 1. The van der Waals surface area contributed by atoms with Gasteiger partial charge >= 0.3 is 23.9 Å². The fraction of sp³-hybridized carbons (Fsp3) is 0.533. The van der Waals surface area contributed by atoms with E-state index in [9.17, 15) is 92.3 Å². The Morgan fingerprint density at radius 2 is 1.17 bits per heavy atom. The SMILES string of the molecule is CC(=O)NC1C(=O)NCC(=O)NC(CCCN)C(=O)NC(CC(=O)O)C(=O)NC(C)C(=O)NC(CC(=O)O)C(=O)NCC(=O)NC(CO)C(=O)NC(C(C)CC(=O)O)C(=O)NC(CC(=O)c2ccccc2N)C(=O)OC1C. The van der Waals surface area contributed by atoms with Gasteiger partial charge in [-0.15, -0.1) is 0 Å². The monoisotopic (exact) mass is 1090 g/mol. The fourth-order valence-corrected chi connectivity index (χ4v) is 7.12. The number of carboxylic acids is 3. The number of nitrogens with two attached hydrogens (primary N) is 2. The summed E-state index contributed by atoms with van der Waals surface area (Å²) in [7, 11) is 0. The molecule has 10 amide bonds. The van der Waals surface area contributed by atoms with Crippen LogP contribution in [0.25, 0.3) is 0 Å². The summed E-state index contributed by atoms with van der Waals surface area (Å²) < 4.78 is 5.49. The van der Waals surface area contributed by atoms with Crippen LogP contribution in [0.4, 0.5) is 5.69 Å². The van der Waals surface area contributed by atoms with Crippen molar-refractivity contribution in [1.82, 2.24) is 53.2 Å². The van der Waals surface area contributed by atoms with E-state index < -0.39 is 194 Å². The van der Waals surface area contributed by atoms with Crippen LogP contribution in [-0.4, -0.2) is 190 Å². The van der Waals surface area contributed by atoms with Crippen LogP contribution in [0.2, 0.25) is 0 Å². The van der Waals surface area contributed by atoms with Crippen molar-refractivity contribution in [3.8, 4) is 0 Å². The molecule has 1 aromatic rings. The Labute approximate surface area is 438 Å². The van der Waals surface area contributed by atoms with Gasteiger partial charge in [-0.25, -0.2) is 4.79 Å². The van der Waals surface area contributed by atoms with E-state index in [4.69, 9.17) is 16.2 Å². The minimum absolute atomic E-state index is 0.0463. The zero-order valence-electron chi connectivity index (χ0n) is 42.1. The molecule has 1 aromatic carbocycles. The van der Waals surface area contributed by atoms with Crippen LogP contribution in [0.1, 0.15) is 76.6 Å². The zero-order valence-corrected chi connectivity index (χ0v) is 42.1. The van der Waals surface area contributed by atoms with Gasteiger partial charge < -0.3 is 89.8 Å². The number of amides is 10. The largest absolute Gasteiger partial charge is 0.481 e. The number of cyclic esters (lactones) is 1. The van der Waals surface area contributed by atoms with Crippen molar-refractivity contribution in [2.24, 2.45) is 11.7 Å². The number of aliphatic hydroxyl groups excluding tert-OH is 1. The summed E-state index contributed by atoms with van der Waals surface area (Å²) >= 11 is 0. The number of ether oxygens (including phenoxy) is 1. The summed E-state index contributed by atoms with van der Waals surface area (Å²) in [5, 5.41) is 60.2. The van der Waals surface area contributed by atoms with E-state index in [2.05, 4.69) is 37.2 Å². The number of nitrogens with one attached hydrogen (secondary N) is 10. The first-order chi connectivity index (χ1) is 36.1. The third kappa shape index (κ3) is 21.9. The number of ketones is 1. The second-order valence-corrected chi connectivity index (χ2v) is 17.5. The second-order valence-electron chi connectivity index (χ2n) is 17.5. The van der Waals surface area contributed by atoms with Crippen molar-refractivity contribution in [2.75, 3.05) is 32.0 Å². The molecule has 0 radical (unpaired) electrons. The van der Waals surface area contributed by atoms with Gasteiger partial charge in [-0.1, -0.05) is 19.1 Å². The van der Waals surface area contributed by atoms with Crippen LogP contribution < -0.4 is 64.6 Å². The lowest BCUT2D eigenvalue weighted by atomic mass is 9.96. The lowest BCUT2D eigenvalue weighted by Crippen LogP contribution is -2.60. The minimum atomic E-state index is -2.06. The van der Waals surface area contributed by atoms with Gasteiger partial charge in [0.1, 0.15) is 54.4 Å². The van der Waals surface area contributed by atoms with Gasteiger partial charge in [-0.3, -0.25) is 67.1 Å². The number of benzene rings is 1. The van der Waals surface area contributed by atoms with Gasteiger partial charge in [-0.05, 0) is 51.3 Å². The molecule has 1 heterocycles. The highest BCUT2D eigenvalue weighted by Gasteiger charge is 2.38. The number of aliphatic carboxylic acids is 3. The molecule has 32 heteroatoms. The Balaban J connectivity index is 2.74. The number of rotatable bonds is 15. The molecule has 0 aliphatic carbocycles. The predicted octanol–water partition coefficient (Wildman–Crippen LogP) is -7.27. The van der Waals surface area contributed by atoms with Gasteiger partial charge in [0.2, 0.25) is 59.1 Å². The molecule has 10 atom stereocenters. The molecule has 1 saturated heterocycles. The van der Waals surface area contributed by atoms with Crippen LogP contribution in [0.15, 0.2) is 24.3 Å². The van der Waals surface area contributed by atoms with Crippen LogP contribution in [0.5, 0.6) is 0 Å². The Morgan fingerprint density at radius 3 is 1.71 bits per heavy atom. The molecule has 18 N–H and O–H groups in total. The Morgan fingerprint density at radius 1 is 0.649 bits per heavy atom. The average molecular weight is 1090 g/mol. The Hall–Kier alpha value is -8.81. The first-order valence-corrected chi connectivity index (χ1v) is 23.6. The summed E-state index contributed by atoms with van der Waals surface area (Å²) in [6.07, 6.45) is -5.92. The van der Waals surface area contributed by atoms with Crippen molar-refractivity contribution in [2.45, 2.75) is 121 Å². The molecular weight excluding hydrogens is 1030 g/mol. The fourth-order valence-electron chi connectivity index (χ4n) is 7.12. The van der Waals surface area contributed by atoms with Gasteiger partial charge in [0.25, 0.3) is 0 Å². The first-order valence-electron chi connectivity index (χ1n) is 23.6. The van der Waals surface area contributed by atoms with Crippen LogP contribution in [0.3, 0.4) is 0 Å². The highest BCUT2D eigenvalue weighted by molar-refractivity contribution is 6.04. The van der Waals surface area contributed by atoms with Gasteiger partial charge in [0, 0.05) is 24.6 Å². The van der Waals surface area contributed by atoms with Gasteiger partial charge in [0.05, 0.1) is 39.0 Å². The first kappa shape index (κ1) is 64.3. The van der Waals surface area contributed by atoms with E-state index in [0.717, 1.165) is 20.8 Å². The minimum Gasteiger partial charge on any atom is -0.481 e. The number of esters is 1. The van der Waals surface area contributed by atoms with E-state index in [-0.39, 0.29) is 30.6 Å². The molecule has 77 heavy (non-hydrogen) atoms. The molecule has 0 bridgehead atoms. The standard InChI is InChI=1S/C45H64N12O20/c1-19(12-33(63)64)36-44(75)56-28(13-30(60)23-8-5-6-9-24(23)47)45(76)77-21(3)37(51-22(4)59)43(74)49-17-31(61)52-25(10-7-11-46)40(71)55-27(15-35(67)68)41(72)50-20(2)38(69)54-26(14-34(65)66)39(70)48-16-32(62)53-29(18-58)42(73)57-36/h5-6,8-9,19-21,25-29,36-37,58H,7,10-18,46-47H2,1-4H3,(H,48,70)(H,49,74)(H,50,72)(H,51,59)(H,52,61)(H,53,62)(H,54,69)(H,55,71)(H,56,75)(H,57,73)(H,63,64)(H,65,66)(H,67,68). The molecule has 10 unspecified atom stereocenters. The lowest BCUT2D eigenvalue weighted by Gasteiger charge is -2.29. The molecule has 1 aliphatic rings. The van der Waals surface area contributed by atoms with Gasteiger partial charge in [0.15, 0.2) is 5.78 Å². The number of para-hydroxylation sites is 1. The molecule has 424 valence electrons. The normalized spacial score (nSPS) is 24.8. The van der Waals surface area contributed by atoms with Crippen LogP contribution in [-0.2, 0) is 71.9 Å². The van der Waals surface area contributed by atoms with E-state index in [1.807, 2.05) is 16.0 Å². The molecule has 32 nitrogen and oxygen atoms in total. The quantitative estimate of drug-likeness (QED) is 0.0441. The molecular formula is C45H64N12O20. The maximum atomic E-state index is 14.1. The van der Waals surface area contributed by atoms with E-state index in [1.165, 1.54) is 31.2 Å². The van der Waals surface area contributed by atoms with Crippen molar-refractivity contribution in [3.05, 3.63) is 29.8 Å². The number of carbonyl (C=O) groups is 15. The highest BCUT2D eigenvalue weighted by Crippen LogP contribution is 2.17. The molecule has 2 rings (SSSR count). The van der Waals surface area contributed by atoms with Crippen molar-refractivity contribution < 1.29 is 97.1 Å². The molecule has 1 fully saturated rings. The summed E-state index contributed by atoms with van der Waals surface area (Å²) in [4.78, 5) is 196. The van der Waals surface area contributed by atoms with Gasteiger partial charge in [-0.2, -0.15) is 0 Å². The number of hydrogen-bond acceptors (Lipinski definition) is 19. The van der Waals surface area contributed by atoms with Crippen molar-refractivity contribution in [3.63, 3.8) is 0 Å². The average Bonchev–Trinajstić information content (AvgIpc) is 3.34. The third-order valence-electron chi connectivity index (χ3n) is 11.1. The number of carboxylic acid groups (broad SMARTS) is 3. The molecule has 0 aromatic heterocycles. The topological polar surface area (TPSA) is 519 Å². The van der Waals surface area contributed by atoms with Crippen molar-refractivity contribution >= 4 is 94.4 Å². The molecule has 0 saturated carbocycles. The number of Topliss-reactive ketones (excluding diaryl/α,β-unsaturated/α-hetero) is 1. The Bertz CT molecular complexity index is 2420. The molecule has 0 spiro atoms. The number of hydrogen-bond donors (Lipinski definition) is 16. The second kappa shape index (κ2) is 31.2. The maximum Gasteiger partial charge on any atom is 0.329 e. The van der Waals surface area contributed by atoms with E-state index in [1.54, 1.807) is 0 Å². The van der Waals surface area contributed by atoms with E-state index >= 15 is 0 Å². The predicted molar refractivity (Wildman–Crippen MR) is 259 cm³/mol. The number of carbonyl (C=O) groups excluding carboxylic acids is 12. The van der Waals surface area contributed by atoms with E-state index in [0.29, 0.717) is 0 Å². The summed E-state index contributed by atoms with van der Waals surface area (Å²) in [5.74, 6) is -20.7. The lowest BCUT2D eigenvalue weighted by molar-refractivity contribution is -0.156. The van der Waals surface area contributed by atoms with Crippen molar-refractivity contribution in [1.29, 1.82) is 0 Å². The summed E-state index contributed by atoms with van der Waals surface area (Å²) in [6.45, 7) is 0.959. The zero-order chi connectivity index (χ0) is 58.3. The Kier molecular flexibility index (Phi) is 26.0. The molecule has 1 aliphatic heterocycles. The smallest absolute Gasteiger partial charge is 0.329 e. The highest BCUT2D eigenvalue weighted by atomic mass is 16.5.